The third-order valence-electron chi connectivity index (χ3n) is 3.11. The van der Waals surface area contributed by atoms with Gasteiger partial charge in [0.05, 0.1) is 32.8 Å². The van der Waals surface area contributed by atoms with Gasteiger partial charge in [0, 0.05) is 13.7 Å². The molecule has 5 nitrogen and oxygen atoms in total. The topological polar surface area (TPSA) is 48.0 Å². The molecule has 0 atom stereocenters. The Kier molecular flexibility index (Phi) is 7.16. The predicted molar refractivity (Wildman–Crippen MR) is 63.9 cm³/mol. The van der Waals surface area contributed by atoms with Gasteiger partial charge in [-0.15, -0.1) is 0 Å². The second-order valence-electron chi connectivity index (χ2n) is 4.24. The maximum absolute atomic E-state index is 11.3. The van der Waals surface area contributed by atoms with Crippen molar-refractivity contribution < 1.29 is 19.0 Å². The normalized spacial score (nSPS) is 18.2. The fourth-order valence-corrected chi connectivity index (χ4v) is 2.00. The molecule has 0 N–H and O–H groups in total. The molecule has 100 valence electrons. The summed E-state index contributed by atoms with van der Waals surface area (Å²) in [7, 11) is 3.12. The number of ether oxygens (including phenoxy) is 3. The van der Waals surface area contributed by atoms with Gasteiger partial charge in [-0.1, -0.05) is 0 Å². The lowest BCUT2D eigenvalue weighted by molar-refractivity contribution is -0.147. The first kappa shape index (κ1) is 14.4. The van der Waals surface area contributed by atoms with Gasteiger partial charge in [0.2, 0.25) is 0 Å². The van der Waals surface area contributed by atoms with Crippen LogP contribution in [0.25, 0.3) is 0 Å². The van der Waals surface area contributed by atoms with Crippen LogP contribution in [0, 0.1) is 5.92 Å². The highest BCUT2D eigenvalue weighted by molar-refractivity contribution is 5.72. The van der Waals surface area contributed by atoms with Gasteiger partial charge in [0.15, 0.2) is 0 Å². The Bertz CT molecular complexity index is 215. The van der Waals surface area contributed by atoms with E-state index in [1.165, 1.54) is 7.11 Å². The Labute approximate surface area is 103 Å². The summed E-state index contributed by atoms with van der Waals surface area (Å²) in [5.74, 6) is 0.0201. The lowest BCUT2D eigenvalue weighted by Gasteiger charge is -2.30. The van der Waals surface area contributed by atoms with Crippen molar-refractivity contribution in [1.82, 2.24) is 4.90 Å². The number of hydrogen-bond donors (Lipinski definition) is 0. The van der Waals surface area contributed by atoms with Crippen LogP contribution >= 0.6 is 0 Å². The molecule has 0 aromatic heterocycles. The number of methoxy groups -OCH3 is 2. The maximum Gasteiger partial charge on any atom is 0.308 e. The molecule has 1 aliphatic rings. The summed E-state index contributed by atoms with van der Waals surface area (Å²) in [4.78, 5) is 13.7. The zero-order chi connectivity index (χ0) is 12.5. The van der Waals surface area contributed by atoms with E-state index in [9.17, 15) is 4.79 Å². The minimum absolute atomic E-state index is 0.0685. The molecule has 5 heteroatoms. The van der Waals surface area contributed by atoms with Crippen LogP contribution in [0.4, 0.5) is 0 Å². The average molecular weight is 245 g/mol. The fourth-order valence-electron chi connectivity index (χ4n) is 2.00. The van der Waals surface area contributed by atoms with Crippen molar-refractivity contribution in [1.29, 1.82) is 0 Å². The van der Waals surface area contributed by atoms with E-state index in [-0.39, 0.29) is 11.9 Å². The number of piperidine rings is 1. The third-order valence-corrected chi connectivity index (χ3v) is 3.11. The molecule has 0 bridgehead atoms. The Morgan fingerprint density at radius 1 is 1.18 bits per heavy atom. The van der Waals surface area contributed by atoms with Crippen molar-refractivity contribution in [3.8, 4) is 0 Å². The molecule has 1 aliphatic heterocycles. The molecular formula is C12H23NO4. The molecule has 0 aromatic rings. The summed E-state index contributed by atoms with van der Waals surface area (Å²) in [6.45, 7) is 4.85. The average Bonchev–Trinajstić information content (AvgIpc) is 2.38. The summed E-state index contributed by atoms with van der Waals surface area (Å²) in [6, 6.07) is 0. The number of carbonyl (C=O) groups is 1. The molecule has 0 aliphatic carbocycles. The highest BCUT2D eigenvalue weighted by Gasteiger charge is 2.25. The first-order chi connectivity index (χ1) is 8.27. The van der Waals surface area contributed by atoms with Crippen LogP contribution in [-0.2, 0) is 19.0 Å². The molecule has 17 heavy (non-hydrogen) atoms. The monoisotopic (exact) mass is 245 g/mol. The van der Waals surface area contributed by atoms with Gasteiger partial charge in [0.25, 0.3) is 0 Å². The molecule has 0 spiro atoms. The second kappa shape index (κ2) is 8.44. The van der Waals surface area contributed by atoms with Gasteiger partial charge in [-0.2, -0.15) is 0 Å². The largest absolute Gasteiger partial charge is 0.469 e. The lowest BCUT2D eigenvalue weighted by Crippen LogP contribution is -2.38. The van der Waals surface area contributed by atoms with Gasteiger partial charge in [-0.25, -0.2) is 0 Å². The summed E-state index contributed by atoms with van der Waals surface area (Å²) >= 11 is 0. The van der Waals surface area contributed by atoms with Crippen LogP contribution in [0.5, 0.6) is 0 Å². The van der Waals surface area contributed by atoms with Crippen LogP contribution in [0.15, 0.2) is 0 Å². The molecule has 1 saturated heterocycles. The van der Waals surface area contributed by atoms with Gasteiger partial charge in [0.1, 0.15) is 0 Å². The smallest absolute Gasteiger partial charge is 0.308 e. The van der Waals surface area contributed by atoms with E-state index in [2.05, 4.69) is 4.90 Å². The van der Waals surface area contributed by atoms with E-state index in [1.807, 2.05) is 0 Å². The Hall–Kier alpha value is -0.650. The highest BCUT2D eigenvalue weighted by Crippen LogP contribution is 2.17. The lowest BCUT2D eigenvalue weighted by atomic mass is 9.97. The Morgan fingerprint density at radius 2 is 1.88 bits per heavy atom. The number of hydrogen-bond acceptors (Lipinski definition) is 5. The zero-order valence-corrected chi connectivity index (χ0v) is 10.8. The number of rotatable bonds is 7. The number of esters is 1. The maximum atomic E-state index is 11.3. The summed E-state index contributed by atoms with van der Waals surface area (Å²) in [6.07, 6.45) is 1.79. The molecule has 0 aromatic carbocycles. The van der Waals surface area contributed by atoms with Crippen LogP contribution < -0.4 is 0 Å². The van der Waals surface area contributed by atoms with Crippen LogP contribution in [0.1, 0.15) is 12.8 Å². The van der Waals surface area contributed by atoms with Crippen molar-refractivity contribution in [2.24, 2.45) is 5.92 Å². The van der Waals surface area contributed by atoms with E-state index in [0.717, 1.165) is 39.1 Å². The Balaban J connectivity index is 2.05. The van der Waals surface area contributed by atoms with Crippen molar-refractivity contribution in [2.75, 3.05) is 53.7 Å². The van der Waals surface area contributed by atoms with Crippen LogP contribution in [0.3, 0.4) is 0 Å². The Morgan fingerprint density at radius 3 is 2.47 bits per heavy atom. The minimum atomic E-state index is -0.0685. The third kappa shape index (κ3) is 5.48. The number of likely N-dealkylation sites (tertiary alicyclic amines) is 1. The van der Waals surface area contributed by atoms with Gasteiger partial charge in [-0.05, 0) is 25.9 Å². The van der Waals surface area contributed by atoms with Crippen molar-refractivity contribution >= 4 is 5.97 Å². The quantitative estimate of drug-likeness (QED) is 0.484. The number of nitrogens with zero attached hydrogens (tertiary/aromatic N) is 1. The van der Waals surface area contributed by atoms with Gasteiger partial charge in [-0.3, -0.25) is 4.79 Å². The predicted octanol–water partition coefficient (Wildman–Crippen LogP) is 0.534. The van der Waals surface area contributed by atoms with E-state index in [0.29, 0.717) is 13.2 Å². The van der Waals surface area contributed by atoms with E-state index in [4.69, 9.17) is 14.2 Å². The summed E-state index contributed by atoms with van der Waals surface area (Å²) in [5.41, 5.74) is 0. The van der Waals surface area contributed by atoms with Crippen molar-refractivity contribution in [2.45, 2.75) is 12.8 Å². The standard InChI is InChI=1S/C12H23NO4/c1-15-9-10-17-8-7-13-5-3-11(4-6-13)12(14)16-2/h11H,3-10H2,1-2H3. The SMILES string of the molecule is COCCOCCN1CCC(C(=O)OC)CC1. The molecule has 1 heterocycles. The van der Waals surface area contributed by atoms with E-state index >= 15 is 0 Å². The minimum Gasteiger partial charge on any atom is -0.469 e. The molecule has 1 rings (SSSR count). The van der Waals surface area contributed by atoms with Crippen LogP contribution in [-0.4, -0.2) is 64.5 Å². The van der Waals surface area contributed by atoms with E-state index < -0.39 is 0 Å². The first-order valence-electron chi connectivity index (χ1n) is 6.14. The summed E-state index contributed by atoms with van der Waals surface area (Å²) in [5, 5.41) is 0. The van der Waals surface area contributed by atoms with Gasteiger partial charge < -0.3 is 19.1 Å². The fraction of sp³-hybridized carbons (Fsp3) is 0.917. The number of carbonyl (C=O) groups excluding carboxylic acids is 1. The highest BCUT2D eigenvalue weighted by atomic mass is 16.5. The second-order valence-corrected chi connectivity index (χ2v) is 4.24. The zero-order valence-electron chi connectivity index (χ0n) is 10.8. The van der Waals surface area contributed by atoms with Crippen LogP contribution in [0.2, 0.25) is 0 Å². The van der Waals surface area contributed by atoms with Gasteiger partial charge >= 0.3 is 5.97 Å². The molecule has 1 fully saturated rings. The molecule has 0 unspecified atom stereocenters. The molecule has 0 amide bonds. The van der Waals surface area contributed by atoms with Crippen molar-refractivity contribution in [3.63, 3.8) is 0 Å². The molecular weight excluding hydrogens is 222 g/mol. The first-order valence-corrected chi connectivity index (χ1v) is 6.14. The summed E-state index contributed by atoms with van der Waals surface area (Å²) < 4.78 is 15.1. The van der Waals surface area contributed by atoms with Crippen molar-refractivity contribution in [3.05, 3.63) is 0 Å². The molecule has 0 radical (unpaired) electrons. The molecule has 0 saturated carbocycles. The van der Waals surface area contributed by atoms with E-state index in [1.54, 1.807) is 7.11 Å².